The predicted octanol–water partition coefficient (Wildman–Crippen LogP) is 14.3. The monoisotopic (exact) mass is 684 g/mol. The normalized spacial score (nSPS) is 12.0. The maximum absolute atomic E-state index is 5.56. The second-order valence-corrected chi connectivity index (χ2v) is 18.0. The molecule has 4 nitrogen and oxygen atoms in total. The topological polar surface area (TPSA) is 53.7 Å². The van der Waals surface area contributed by atoms with Gasteiger partial charge in [-0.25, -0.2) is 0 Å². The molecule has 2 N–H and O–H groups in total. The van der Waals surface area contributed by atoms with Crippen LogP contribution in [0.2, 0.25) is 6.04 Å². The Morgan fingerprint density at radius 3 is 0.553 bits per heavy atom. The molecule has 47 heavy (non-hydrogen) atoms. The zero-order valence-corrected chi connectivity index (χ0v) is 33.9. The van der Waals surface area contributed by atoms with E-state index in [1.165, 1.54) is 231 Å². The van der Waals surface area contributed by atoms with Gasteiger partial charge >= 0.3 is 8.80 Å². The molecule has 0 bridgehead atoms. The molecule has 0 saturated carbocycles. The van der Waals surface area contributed by atoms with Gasteiger partial charge in [0.2, 0.25) is 0 Å². The molecule has 284 valence electrons. The van der Waals surface area contributed by atoms with Gasteiger partial charge in [0, 0.05) is 27.4 Å². The summed E-state index contributed by atoms with van der Waals surface area (Å²) < 4.78 is 16.5. The molecule has 0 heterocycles. The lowest BCUT2D eigenvalue weighted by Crippen LogP contribution is -2.42. The summed E-state index contributed by atoms with van der Waals surface area (Å²) in [6, 6.07) is 0.939. The first kappa shape index (κ1) is 47.1. The van der Waals surface area contributed by atoms with Crippen molar-refractivity contribution in [1.82, 2.24) is 0 Å². The van der Waals surface area contributed by atoms with E-state index in [9.17, 15) is 0 Å². The minimum Gasteiger partial charge on any atom is -0.377 e. The van der Waals surface area contributed by atoms with Gasteiger partial charge in [0.1, 0.15) is 0 Å². The molecule has 0 aromatic heterocycles. The van der Waals surface area contributed by atoms with Crippen molar-refractivity contribution in [3.8, 4) is 0 Å². The van der Waals surface area contributed by atoms with E-state index in [0.29, 0.717) is 0 Å². The largest absolute Gasteiger partial charge is 0.500 e. The molecule has 5 heteroatoms. The van der Waals surface area contributed by atoms with Crippen LogP contribution in [0.3, 0.4) is 0 Å². The molecule has 0 aliphatic heterocycles. The number of unbranched alkanes of at least 4 members (excludes halogenated alkanes) is 36. The number of rotatable bonds is 42. The van der Waals surface area contributed by atoms with Crippen LogP contribution in [-0.2, 0) is 13.3 Å². The van der Waals surface area contributed by atoms with Crippen LogP contribution >= 0.6 is 0 Å². The first-order chi connectivity index (χ1) is 23.2. The summed E-state index contributed by atoms with van der Waals surface area (Å²) in [7, 11) is 2.79. The quantitative estimate of drug-likeness (QED) is 0.0514. The molecule has 0 aliphatic rings. The highest BCUT2D eigenvalue weighted by molar-refractivity contribution is 6.60. The molecular formula is C42H89NO3Si. The van der Waals surface area contributed by atoms with Gasteiger partial charge in [-0.15, -0.1) is 0 Å². The van der Waals surface area contributed by atoms with E-state index >= 15 is 0 Å². The van der Waals surface area contributed by atoms with E-state index in [2.05, 4.69) is 0 Å². The second-order valence-electron chi connectivity index (χ2n) is 14.9. The molecule has 0 radical (unpaired) electrons. The van der Waals surface area contributed by atoms with Gasteiger partial charge in [-0.3, -0.25) is 0 Å². The Kier molecular flexibility index (Phi) is 40.5. The summed E-state index contributed by atoms with van der Waals surface area (Å²) in [6.07, 6.45) is 53.0. The first-order valence-corrected chi connectivity index (χ1v) is 23.5. The highest BCUT2D eigenvalue weighted by Crippen LogP contribution is 2.20. The maximum Gasteiger partial charge on any atom is 0.500 e. The van der Waals surface area contributed by atoms with Crippen molar-refractivity contribution in [3.63, 3.8) is 0 Å². The lowest BCUT2D eigenvalue weighted by Gasteiger charge is -2.24. The van der Waals surface area contributed by atoms with Crippen molar-refractivity contribution >= 4 is 8.80 Å². The summed E-state index contributed by atoms with van der Waals surface area (Å²) in [6.45, 7) is 0.871. The lowest BCUT2D eigenvalue weighted by atomic mass is 10.0. The molecule has 0 aromatic rings. The van der Waals surface area contributed by atoms with Gasteiger partial charge in [0.15, 0.2) is 0 Å². The smallest absolute Gasteiger partial charge is 0.377 e. The van der Waals surface area contributed by atoms with Crippen molar-refractivity contribution < 1.29 is 13.3 Å². The maximum atomic E-state index is 5.56. The molecule has 0 spiro atoms. The van der Waals surface area contributed by atoms with Gasteiger partial charge in [0.25, 0.3) is 0 Å². The number of hydrogen-bond acceptors (Lipinski definition) is 4. The van der Waals surface area contributed by atoms with Crippen LogP contribution in [0.15, 0.2) is 0 Å². The zero-order valence-electron chi connectivity index (χ0n) is 32.9. The Morgan fingerprint density at radius 1 is 0.255 bits per heavy atom. The Bertz CT molecular complexity index is 552. The summed E-state index contributed by atoms with van der Waals surface area (Å²) >= 11 is 0. The fourth-order valence-electron chi connectivity index (χ4n) is 7.23. The molecule has 0 unspecified atom stereocenters. The van der Waals surface area contributed by atoms with Crippen molar-refractivity contribution in [1.29, 1.82) is 0 Å². The summed E-state index contributed by atoms with van der Waals surface area (Å²) in [5.74, 6) is 0. The van der Waals surface area contributed by atoms with Gasteiger partial charge in [-0.1, -0.05) is 225 Å². The van der Waals surface area contributed by atoms with E-state index in [0.717, 1.165) is 19.0 Å². The van der Waals surface area contributed by atoms with Crippen LogP contribution in [0.5, 0.6) is 0 Å². The van der Waals surface area contributed by atoms with E-state index in [1.807, 2.05) is 0 Å². The molecule has 0 atom stereocenters. The standard InChI is InChI=1S/C42H89NO3Si/c1-44-47(45-2,46-3)42-40-38-36-34-32-30-28-26-24-22-20-18-16-14-12-10-8-6-4-5-7-9-11-13-15-17-19-21-23-25-27-29-31-33-35-37-39-41-43/h4-43H2,1-3H3. The molecule has 0 aliphatic carbocycles. The number of nitrogens with two attached hydrogens (primary N) is 1. The average Bonchev–Trinajstić information content (AvgIpc) is 3.09. The van der Waals surface area contributed by atoms with Crippen molar-refractivity contribution in [2.24, 2.45) is 5.73 Å². The van der Waals surface area contributed by atoms with Gasteiger partial charge in [0.05, 0.1) is 0 Å². The van der Waals surface area contributed by atoms with Gasteiger partial charge in [-0.05, 0) is 19.4 Å². The average molecular weight is 684 g/mol. The molecule has 0 amide bonds. The van der Waals surface area contributed by atoms with Gasteiger partial charge < -0.3 is 19.0 Å². The van der Waals surface area contributed by atoms with Crippen LogP contribution in [0.25, 0.3) is 0 Å². The Balaban J connectivity index is 3.11. The van der Waals surface area contributed by atoms with E-state index in [1.54, 1.807) is 21.3 Å². The fraction of sp³-hybridized carbons (Fsp3) is 1.00. The summed E-state index contributed by atoms with van der Waals surface area (Å²) in [5, 5.41) is 0. The lowest BCUT2D eigenvalue weighted by molar-refractivity contribution is 0.122. The zero-order chi connectivity index (χ0) is 34.2. The van der Waals surface area contributed by atoms with Crippen molar-refractivity contribution in [3.05, 3.63) is 0 Å². The SMILES string of the molecule is CO[Si](CCCCCCCCCCCCCCCCCCCCCCCCCCCCCCCCCCCCCCCN)(OC)OC. The first-order valence-electron chi connectivity index (χ1n) is 21.6. The van der Waals surface area contributed by atoms with E-state index < -0.39 is 8.80 Å². The van der Waals surface area contributed by atoms with Crippen LogP contribution in [0, 0.1) is 0 Å². The predicted molar refractivity (Wildman–Crippen MR) is 211 cm³/mol. The van der Waals surface area contributed by atoms with Crippen molar-refractivity contribution in [2.75, 3.05) is 27.9 Å². The minimum absolute atomic E-state index is 0.871. The second kappa shape index (κ2) is 40.5. The third-order valence-corrected chi connectivity index (χ3v) is 13.5. The number of hydrogen-bond donors (Lipinski definition) is 1. The minimum atomic E-state index is -2.35. The summed E-state index contributed by atoms with van der Waals surface area (Å²) in [4.78, 5) is 0. The van der Waals surface area contributed by atoms with Crippen LogP contribution in [0.1, 0.15) is 238 Å². The molecule has 0 rings (SSSR count). The highest BCUT2D eigenvalue weighted by Gasteiger charge is 2.36. The van der Waals surface area contributed by atoms with Crippen molar-refractivity contribution in [2.45, 2.75) is 244 Å². The van der Waals surface area contributed by atoms with E-state index in [4.69, 9.17) is 19.0 Å². The Hall–Kier alpha value is 0.0569. The summed E-state index contributed by atoms with van der Waals surface area (Å²) in [5.41, 5.74) is 5.56. The molecule has 0 fully saturated rings. The Morgan fingerprint density at radius 2 is 0.404 bits per heavy atom. The molecular weight excluding hydrogens is 595 g/mol. The van der Waals surface area contributed by atoms with Gasteiger partial charge in [-0.2, -0.15) is 0 Å². The van der Waals surface area contributed by atoms with Crippen LogP contribution in [-0.4, -0.2) is 36.7 Å². The highest BCUT2D eigenvalue weighted by atomic mass is 28.4. The van der Waals surface area contributed by atoms with E-state index in [-0.39, 0.29) is 0 Å². The third-order valence-electron chi connectivity index (χ3n) is 10.6. The fourth-order valence-corrected chi connectivity index (χ4v) is 9.02. The van der Waals surface area contributed by atoms with Crippen LogP contribution in [0.4, 0.5) is 0 Å². The van der Waals surface area contributed by atoms with Crippen LogP contribution < -0.4 is 5.73 Å². The molecule has 0 saturated heterocycles. The third kappa shape index (κ3) is 35.7. The molecule has 0 aromatic carbocycles. The Labute approximate surface area is 298 Å².